The molecule has 0 aliphatic carbocycles. The Morgan fingerprint density at radius 1 is 1.29 bits per heavy atom. The molecule has 4 rings (SSSR count). The molecule has 0 spiro atoms. The molecule has 1 aliphatic rings. The first-order chi connectivity index (χ1) is 13.7. The Hall–Kier alpha value is -2.41. The van der Waals surface area contributed by atoms with Crippen molar-refractivity contribution >= 4 is 16.7 Å². The lowest BCUT2D eigenvalue weighted by molar-refractivity contribution is 0.0178. The number of aromatic amines is 1. The van der Waals surface area contributed by atoms with Crippen molar-refractivity contribution in [3.63, 3.8) is 0 Å². The highest BCUT2D eigenvalue weighted by molar-refractivity contribution is 5.95. The van der Waals surface area contributed by atoms with Crippen LogP contribution in [0.2, 0.25) is 0 Å². The molecule has 3 aromatic rings. The van der Waals surface area contributed by atoms with E-state index in [1.54, 1.807) is 0 Å². The number of hydrogen-bond acceptors (Lipinski definition) is 5. The number of morpholine rings is 1. The average molecular weight is 380 g/mol. The smallest absolute Gasteiger partial charge is 0.129 e. The van der Waals surface area contributed by atoms with Gasteiger partial charge in [-0.1, -0.05) is 12.1 Å². The number of benzene rings is 1. The SMILES string of the molecule is CN(C)CCCNC1CN(c2cc(-c3cccc4[nH]ccc34)ccn2)CCO1. The highest BCUT2D eigenvalue weighted by atomic mass is 16.5. The number of anilines is 1. The molecule has 2 N–H and O–H groups in total. The topological polar surface area (TPSA) is 56.4 Å². The van der Waals surface area contributed by atoms with Crippen LogP contribution in [0.3, 0.4) is 0 Å². The highest BCUT2D eigenvalue weighted by Crippen LogP contribution is 2.30. The standard InChI is InChI=1S/C22H29N5O/c1-26(2)12-4-9-25-22-16-27(13-14-28-22)21-15-17(7-10-24-21)18-5-3-6-20-19(18)8-11-23-20/h3,5-8,10-11,15,22-23,25H,4,9,12-14,16H2,1-2H3. The van der Waals surface area contributed by atoms with Gasteiger partial charge < -0.3 is 19.5 Å². The summed E-state index contributed by atoms with van der Waals surface area (Å²) < 4.78 is 5.90. The zero-order valence-corrected chi connectivity index (χ0v) is 16.7. The van der Waals surface area contributed by atoms with Gasteiger partial charge in [-0.25, -0.2) is 4.98 Å². The molecule has 1 atom stereocenters. The van der Waals surface area contributed by atoms with Crippen molar-refractivity contribution in [1.29, 1.82) is 0 Å². The summed E-state index contributed by atoms with van der Waals surface area (Å²) in [5.41, 5.74) is 3.58. The van der Waals surface area contributed by atoms with E-state index in [2.05, 4.69) is 75.6 Å². The van der Waals surface area contributed by atoms with E-state index in [1.165, 1.54) is 16.5 Å². The van der Waals surface area contributed by atoms with Crippen molar-refractivity contribution in [3.8, 4) is 11.1 Å². The van der Waals surface area contributed by atoms with Crippen molar-refractivity contribution in [2.24, 2.45) is 0 Å². The van der Waals surface area contributed by atoms with Crippen molar-refractivity contribution in [3.05, 3.63) is 48.8 Å². The predicted octanol–water partition coefficient (Wildman–Crippen LogP) is 2.93. The third-order valence-electron chi connectivity index (χ3n) is 5.20. The van der Waals surface area contributed by atoms with Gasteiger partial charge in [0.1, 0.15) is 12.0 Å². The molecule has 1 aliphatic heterocycles. The van der Waals surface area contributed by atoms with E-state index in [0.29, 0.717) is 6.61 Å². The van der Waals surface area contributed by atoms with Crippen LogP contribution in [-0.2, 0) is 4.74 Å². The second kappa shape index (κ2) is 8.73. The molecule has 148 valence electrons. The summed E-state index contributed by atoms with van der Waals surface area (Å²) in [6.45, 7) is 4.43. The molecule has 28 heavy (non-hydrogen) atoms. The molecule has 1 unspecified atom stereocenters. The van der Waals surface area contributed by atoms with Crippen LogP contribution in [0.4, 0.5) is 5.82 Å². The molecule has 0 radical (unpaired) electrons. The second-order valence-corrected chi connectivity index (χ2v) is 7.56. The van der Waals surface area contributed by atoms with Crippen LogP contribution < -0.4 is 10.2 Å². The first kappa shape index (κ1) is 18.9. The molecule has 2 aromatic heterocycles. The zero-order chi connectivity index (χ0) is 19.3. The largest absolute Gasteiger partial charge is 0.361 e. The van der Waals surface area contributed by atoms with Crippen molar-refractivity contribution < 1.29 is 4.74 Å². The Bertz CT molecular complexity index is 907. The van der Waals surface area contributed by atoms with Crippen LogP contribution in [0.5, 0.6) is 0 Å². The summed E-state index contributed by atoms with van der Waals surface area (Å²) in [5.74, 6) is 1.01. The van der Waals surface area contributed by atoms with Crippen LogP contribution in [0.25, 0.3) is 22.0 Å². The van der Waals surface area contributed by atoms with Gasteiger partial charge in [0.25, 0.3) is 0 Å². The van der Waals surface area contributed by atoms with Gasteiger partial charge in [-0.2, -0.15) is 0 Å². The maximum atomic E-state index is 5.90. The second-order valence-electron chi connectivity index (χ2n) is 7.56. The number of fused-ring (bicyclic) bond motifs is 1. The zero-order valence-electron chi connectivity index (χ0n) is 16.7. The summed E-state index contributed by atoms with van der Waals surface area (Å²) in [6.07, 6.45) is 5.06. The maximum absolute atomic E-state index is 5.90. The fourth-order valence-electron chi connectivity index (χ4n) is 3.74. The summed E-state index contributed by atoms with van der Waals surface area (Å²) in [6, 6.07) is 12.8. The van der Waals surface area contributed by atoms with Gasteiger partial charge in [-0.3, -0.25) is 5.32 Å². The van der Waals surface area contributed by atoms with E-state index in [9.17, 15) is 0 Å². The lowest BCUT2D eigenvalue weighted by atomic mass is 10.0. The summed E-state index contributed by atoms with van der Waals surface area (Å²) in [5, 5.41) is 4.76. The minimum absolute atomic E-state index is 0.0504. The molecule has 6 nitrogen and oxygen atoms in total. The highest BCUT2D eigenvalue weighted by Gasteiger charge is 2.21. The minimum atomic E-state index is 0.0504. The fourth-order valence-corrected chi connectivity index (χ4v) is 3.74. The number of aromatic nitrogens is 2. The Kier molecular flexibility index (Phi) is 5.90. The third-order valence-corrected chi connectivity index (χ3v) is 5.20. The Balaban J connectivity index is 1.46. The van der Waals surface area contributed by atoms with Crippen LogP contribution >= 0.6 is 0 Å². The molecular formula is C22H29N5O. The number of rotatable bonds is 7. The third kappa shape index (κ3) is 4.35. The number of H-pyrrole nitrogens is 1. The summed E-state index contributed by atoms with van der Waals surface area (Å²) in [4.78, 5) is 12.4. The summed E-state index contributed by atoms with van der Waals surface area (Å²) in [7, 11) is 4.21. The number of hydrogen-bond donors (Lipinski definition) is 2. The van der Waals surface area contributed by atoms with E-state index in [0.717, 1.165) is 43.9 Å². The molecule has 0 amide bonds. The molecule has 1 saturated heterocycles. The number of nitrogens with one attached hydrogen (secondary N) is 2. The number of pyridine rings is 1. The minimum Gasteiger partial charge on any atom is -0.361 e. The maximum Gasteiger partial charge on any atom is 0.129 e. The van der Waals surface area contributed by atoms with Crippen molar-refractivity contribution in [2.45, 2.75) is 12.6 Å². The van der Waals surface area contributed by atoms with Gasteiger partial charge in [-0.05, 0) is 69.0 Å². The van der Waals surface area contributed by atoms with Gasteiger partial charge >= 0.3 is 0 Å². The van der Waals surface area contributed by atoms with E-state index in [4.69, 9.17) is 4.74 Å². The Morgan fingerprint density at radius 2 is 2.21 bits per heavy atom. The van der Waals surface area contributed by atoms with Crippen molar-refractivity contribution in [2.75, 3.05) is 51.8 Å². The van der Waals surface area contributed by atoms with Crippen LogP contribution in [-0.4, -0.2) is 68.0 Å². The van der Waals surface area contributed by atoms with Crippen LogP contribution in [0, 0.1) is 0 Å². The van der Waals surface area contributed by atoms with Gasteiger partial charge in [0.15, 0.2) is 0 Å². The normalized spacial score (nSPS) is 17.5. The fraction of sp³-hybridized carbons (Fsp3) is 0.409. The molecule has 0 bridgehead atoms. The monoisotopic (exact) mass is 379 g/mol. The quantitative estimate of drug-likeness (QED) is 0.618. The molecule has 1 aromatic carbocycles. The van der Waals surface area contributed by atoms with Gasteiger partial charge in [0, 0.05) is 29.8 Å². The van der Waals surface area contributed by atoms with Crippen LogP contribution in [0.1, 0.15) is 6.42 Å². The van der Waals surface area contributed by atoms with E-state index < -0.39 is 0 Å². The van der Waals surface area contributed by atoms with Gasteiger partial charge in [-0.15, -0.1) is 0 Å². The molecule has 3 heterocycles. The lowest BCUT2D eigenvalue weighted by Crippen LogP contribution is -2.50. The Morgan fingerprint density at radius 3 is 3.11 bits per heavy atom. The van der Waals surface area contributed by atoms with Crippen LogP contribution in [0.15, 0.2) is 48.8 Å². The first-order valence-electron chi connectivity index (χ1n) is 9.98. The lowest BCUT2D eigenvalue weighted by Gasteiger charge is -2.34. The molecule has 6 heteroatoms. The predicted molar refractivity (Wildman–Crippen MR) is 115 cm³/mol. The van der Waals surface area contributed by atoms with Gasteiger partial charge in [0.2, 0.25) is 0 Å². The van der Waals surface area contributed by atoms with Gasteiger partial charge in [0.05, 0.1) is 13.2 Å². The molecule has 0 saturated carbocycles. The number of nitrogens with zero attached hydrogens (tertiary/aromatic N) is 3. The van der Waals surface area contributed by atoms with E-state index >= 15 is 0 Å². The first-order valence-corrected chi connectivity index (χ1v) is 9.98. The molecular weight excluding hydrogens is 350 g/mol. The van der Waals surface area contributed by atoms with Crippen molar-refractivity contribution in [1.82, 2.24) is 20.2 Å². The number of ether oxygens (including phenoxy) is 1. The molecule has 1 fully saturated rings. The van der Waals surface area contributed by atoms with E-state index in [1.807, 2.05) is 12.4 Å². The van der Waals surface area contributed by atoms with E-state index in [-0.39, 0.29) is 6.23 Å². The summed E-state index contributed by atoms with van der Waals surface area (Å²) >= 11 is 0. The average Bonchev–Trinajstić information content (AvgIpc) is 3.20. The Labute approximate surface area is 166 Å².